The average molecular weight is 151 g/mol. The minimum Gasteiger partial charge on any atom is -0.474 e. The maximum atomic E-state index is 11.1. The third-order valence-corrected chi connectivity index (χ3v) is 1.77. The number of hydrogen-bond acceptors (Lipinski definition) is 2. The fourth-order valence-electron chi connectivity index (χ4n) is 1.28. The molecule has 2 heterocycles. The molecule has 2 rings (SSSR count). The zero-order valence-electron chi connectivity index (χ0n) is 6.28. The molecule has 0 saturated carbocycles. The van der Waals surface area contributed by atoms with E-state index < -0.39 is 0 Å². The topological polar surface area (TPSA) is 31.2 Å². The van der Waals surface area contributed by atoms with Crippen LogP contribution in [0.15, 0.2) is 23.0 Å². The summed E-state index contributed by atoms with van der Waals surface area (Å²) in [4.78, 5) is 11.1. The van der Waals surface area contributed by atoms with Gasteiger partial charge in [0.25, 0.3) is 5.56 Å². The standard InChI is InChI=1S/C8H9NO2/c1-6-5-9-7(10)3-2-4-8(9)11-6/h2-4,6H,5H2,1H3. The van der Waals surface area contributed by atoms with Gasteiger partial charge in [0, 0.05) is 6.07 Å². The third-order valence-electron chi connectivity index (χ3n) is 1.77. The maximum absolute atomic E-state index is 11.1. The summed E-state index contributed by atoms with van der Waals surface area (Å²) in [7, 11) is 0. The third kappa shape index (κ3) is 0.926. The van der Waals surface area contributed by atoms with Crippen molar-refractivity contribution in [3.63, 3.8) is 0 Å². The van der Waals surface area contributed by atoms with E-state index in [1.54, 1.807) is 16.7 Å². The highest BCUT2D eigenvalue weighted by Gasteiger charge is 2.17. The molecule has 0 aliphatic carbocycles. The molecule has 1 atom stereocenters. The van der Waals surface area contributed by atoms with Crippen molar-refractivity contribution in [1.29, 1.82) is 0 Å². The van der Waals surface area contributed by atoms with Crippen molar-refractivity contribution in [2.24, 2.45) is 0 Å². The van der Waals surface area contributed by atoms with E-state index in [4.69, 9.17) is 4.74 Å². The van der Waals surface area contributed by atoms with Crippen LogP contribution in [0.4, 0.5) is 0 Å². The van der Waals surface area contributed by atoms with Crippen molar-refractivity contribution >= 4 is 0 Å². The fourth-order valence-corrected chi connectivity index (χ4v) is 1.28. The first kappa shape index (κ1) is 6.46. The van der Waals surface area contributed by atoms with Crippen LogP contribution in [-0.4, -0.2) is 10.7 Å². The Balaban J connectivity index is 2.58. The van der Waals surface area contributed by atoms with E-state index >= 15 is 0 Å². The molecule has 11 heavy (non-hydrogen) atoms. The molecule has 1 aliphatic heterocycles. The van der Waals surface area contributed by atoms with Gasteiger partial charge in [0.1, 0.15) is 6.10 Å². The summed E-state index contributed by atoms with van der Waals surface area (Å²) in [5.74, 6) is 0.685. The molecule has 3 heteroatoms. The number of rotatable bonds is 0. The summed E-state index contributed by atoms with van der Waals surface area (Å²) >= 11 is 0. The summed E-state index contributed by atoms with van der Waals surface area (Å²) in [5.41, 5.74) is 0.0202. The monoisotopic (exact) mass is 151 g/mol. The van der Waals surface area contributed by atoms with Crippen LogP contribution in [0, 0.1) is 0 Å². The number of pyridine rings is 1. The lowest BCUT2D eigenvalue weighted by atomic mass is 10.4. The average Bonchev–Trinajstić information content (AvgIpc) is 2.31. The summed E-state index contributed by atoms with van der Waals surface area (Å²) in [6, 6.07) is 5.07. The van der Waals surface area contributed by atoms with Gasteiger partial charge in [-0.25, -0.2) is 0 Å². The highest BCUT2D eigenvalue weighted by atomic mass is 16.5. The van der Waals surface area contributed by atoms with E-state index in [1.165, 1.54) is 0 Å². The van der Waals surface area contributed by atoms with Crippen LogP contribution >= 0.6 is 0 Å². The van der Waals surface area contributed by atoms with Gasteiger partial charge in [-0.3, -0.25) is 9.36 Å². The molecule has 0 radical (unpaired) electrons. The lowest BCUT2D eigenvalue weighted by molar-refractivity contribution is 0.254. The molecule has 1 unspecified atom stereocenters. The normalized spacial score (nSPS) is 21.0. The Bertz CT molecular complexity index is 329. The SMILES string of the molecule is CC1Cn2c(cccc2=O)O1. The van der Waals surface area contributed by atoms with Gasteiger partial charge in [-0.2, -0.15) is 0 Å². The molecule has 1 aromatic heterocycles. The Morgan fingerprint density at radius 3 is 3.18 bits per heavy atom. The molecule has 58 valence electrons. The Morgan fingerprint density at radius 2 is 2.45 bits per heavy atom. The van der Waals surface area contributed by atoms with Crippen LogP contribution in [0.2, 0.25) is 0 Å². The first-order chi connectivity index (χ1) is 5.27. The highest BCUT2D eigenvalue weighted by molar-refractivity contribution is 5.15. The van der Waals surface area contributed by atoms with Gasteiger partial charge in [0.2, 0.25) is 0 Å². The van der Waals surface area contributed by atoms with Gasteiger partial charge in [-0.05, 0) is 13.0 Å². The number of aromatic nitrogens is 1. The van der Waals surface area contributed by atoms with Crippen LogP contribution in [0.1, 0.15) is 6.92 Å². The Hall–Kier alpha value is -1.25. The molecule has 0 spiro atoms. The van der Waals surface area contributed by atoms with E-state index in [9.17, 15) is 4.79 Å². The van der Waals surface area contributed by atoms with Crippen molar-refractivity contribution < 1.29 is 4.74 Å². The van der Waals surface area contributed by atoms with Crippen molar-refractivity contribution in [1.82, 2.24) is 4.57 Å². The van der Waals surface area contributed by atoms with Crippen LogP contribution in [0.25, 0.3) is 0 Å². The van der Waals surface area contributed by atoms with Crippen LogP contribution in [0.3, 0.4) is 0 Å². The van der Waals surface area contributed by atoms with Crippen molar-refractivity contribution in [3.8, 4) is 5.88 Å². The molecule has 0 aromatic carbocycles. The van der Waals surface area contributed by atoms with Gasteiger partial charge in [-0.1, -0.05) is 6.07 Å². The number of nitrogens with zero attached hydrogens (tertiary/aromatic N) is 1. The highest BCUT2D eigenvalue weighted by Crippen LogP contribution is 2.17. The zero-order valence-corrected chi connectivity index (χ0v) is 6.28. The van der Waals surface area contributed by atoms with E-state index in [1.807, 2.05) is 13.0 Å². The van der Waals surface area contributed by atoms with Crippen molar-refractivity contribution in [2.75, 3.05) is 0 Å². The molecule has 3 nitrogen and oxygen atoms in total. The van der Waals surface area contributed by atoms with E-state index in [0.29, 0.717) is 12.4 Å². The van der Waals surface area contributed by atoms with Gasteiger partial charge < -0.3 is 4.74 Å². The van der Waals surface area contributed by atoms with Crippen LogP contribution < -0.4 is 10.3 Å². The Labute approximate surface area is 64.2 Å². The maximum Gasteiger partial charge on any atom is 0.253 e. The molecule has 0 N–H and O–H groups in total. The second kappa shape index (κ2) is 2.12. The van der Waals surface area contributed by atoms with Gasteiger partial charge in [0.05, 0.1) is 6.54 Å². The fraction of sp³-hybridized carbons (Fsp3) is 0.375. The molecular weight excluding hydrogens is 142 g/mol. The minimum atomic E-state index is 0.0202. The molecule has 1 aliphatic rings. The quantitative estimate of drug-likeness (QED) is 0.544. The Kier molecular flexibility index (Phi) is 1.24. The summed E-state index contributed by atoms with van der Waals surface area (Å²) in [6.07, 6.45) is 0.130. The molecule has 1 aromatic rings. The van der Waals surface area contributed by atoms with Crippen LogP contribution in [-0.2, 0) is 6.54 Å². The number of hydrogen-bond donors (Lipinski definition) is 0. The smallest absolute Gasteiger partial charge is 0.253 e. The zero-order chi connectivity index (χ0) is 7.84. The molecule has 0 bridgehead atoms. The summed E-state index contributed by atoms with van der Waals surface area (Å²) in [6.45, 7) is 2.63. The van der Waals surface area contributed by atoms with Crippen LogP contribution in [0.5, 0.6) is 5.88 Å². The Morgan fingerprint density at radius 1 is 1.64 bits per heavy atom. The first-order valence-electron chi connectivity index (χ1n) is 3.64. The van der Waals surface area contributed by atoms with Gasteiger partial charge in [-0.15, -0.1) is 0 Å². The summed E-state index contributed by atoms with van der Waals surface area (Å²) < 4.78 is 6.99. The lowest BCUT2D eigenvalue weighted by Crippen LogP contribution is -2.17. The second-order valence-corrected chi connectivity index (χ2v) is 2.74. The summed E-state index contributed by atoms with van der Waals surface area (Å²) in [5, 5.41) is 0. The molecule has 0 fully saturated rings. The van der Waals surface area contributed by atoms with Gasteiger partial charge in [0.15, 0.2) is 5.88 Å². The van der Waals surface area contributed by atoms with Crippen molar-refractivity contribution in [3.05, 3.63) is 28.6 Å². The van der Waals surface area contributed by atoms with E-state index in [-0.39, 0.29) is 11.7 Å². The van der Waals surface area contributed by atoms with Crippen molar-refractivity contribution in [2.45, 2.75) is 19.6 Å². The molecule has 0 amide bonds. The molecular formula is C8H9NO2. The predicted octanol–water partition coefficient (Wildman–Crippen LogP) is 0.629. The largest absolute Gasteiger partial charge is 0.474 e. The predicted molar refractivity (Wildman–Crippen MR) is 40.8 cm³/mol. The lowest BCUT2D eigenvalue weighted by Gasteiger charge is -1.98. The first-order valence-corrected chi connectivity index (χ1v) is 3.64. The van der Waals surface area contributed by atoms with E-state index in [2.05, 4.69) is 0 Å². The number of fused-ring (bicyclic) bond motifs is 1. The van der Waals surface area contributed by atoms with Gasteiger partial charge >= 0.3 is 0 Å². The van der Waals surface area contributed by atoms with E-state index in [0.717, 1.165) is 0 Å². The second-order valence-electron chi connectivity index (χ2n) is 2.74. The molecule has 0 saturated heterocycles. The minimum absolute atomic E-state index is 0.0202. The number of ether oxygens (including phenoxy) is 1.